The maximum Gasteiger partial charge on any atom is 0.264 e. The van der Waals surface area contributed by atoms with Gasteiger partial charge in [0.25, 0.3) is 15.9 Å². The standard InChI is InChI=1S/C19H24N2O3S/c1-4-8-15(2)20-19(22)16-11-13-18(14-12-16)25(23,24)21(3)17-9-6-5-7-10-17/h5-7,9-15H,4,8H2,1-3H3,(H,20,22)/t15-/m1/s1. The molecular formula is C19H24N2O3S. The maximum absolute atomic E-state index is 12.7. The quantitative estimate of drug-likeness (QED) is 0.822. The van der Waals surface area contributed by atoms with E-state index in [1.54, 1.807) is 36.4 Å². The van der Waals surface area contributed by atoms with E-state index in [1.807, 2.05) is 13.0 Å². The third-order valence-corrected chi connectivity index (χ3v) is 5.79. The van der Waals surface area contributed by atoms with Gasteiger partial charge in [0, 0.05) is 18.7 Å². The third-order valence-electron chi connectivity index (χ3n) is 3.99. The summed E-state index contributed by atoms with van der Waals surface area (Å²) in [6.07, 6.45) is 1.89. The smallest absolute Gasteiger partial charge is 0.264 e. The molecule has 0 aliphatic heterocycles. The molecule has 134 valence electrons. The monoisotopic (exact) mass is 360 g/mol. The number of rotatable bonds is 7. The molecule has 2 aromatic carbocycles. The zero-order valence-corrected chi connectivity index (χ0v) is 15.6. The molecular weight excluding hydrogens is 336 g/mol. The first-order valence-electron chi connectivity index (χ1n) is 8.31. The molecule has 2 rings (SSSR count). The second-order valence-electron chi connectivity index (χ2n) is 6.00. The van der Waals surface area contributed by atoms with Crippen molar-refractivity contribution in [3.8, 4) is 0 Å². The average Bonchev–Trinajstić information content (AvgIpc) is 2.62. The molecule has 1 atom stereocenters. The lowest BCUT2D eigenvalue weighted by molar-refractivity contribution is 0.0938. The van der Waals surface area contributed by atoms with Crippen LogP contribution in [0.1, 0.15) is 37.0 Å². The molecule has 0 saturated heterocycles. The highest BCUT2D eigenvalue weighted by Crippen LogP contribution is 2.21. The fourth-order valence-corrected chi connectivity index (χ4v) is 3.72. The summed E-state index contributed by atoms with van der Waals surface area (Å²) in [6.45, 7) is 4.01. The van der Waals surface area contributed by atoms with Crippen LogP contribution in [-0.4, -0.2) is 27.4 Å². The highest BCUT2D eigenvalue weighted by molar-refractivity contribution is 7.92. The van der Waals surface area contributed by atoms with Crippen LogP contribution in [0.15, 0.2) is 59.5 Å². The van der Waals surface area contributed by atoms with E-state index in [-0.39, 0.29) is 16.8 Å². The van der Waals surface area contributed by atoms with Crippen molar-refractivity contribution >= 4 is 21.6 Å². The minimum absolute atomic E-state index is 0.0881. The zero-order valence-electron chi connectivity index (χ0n) is 14.8. The number of amides is 1. The third kappa shape index (κ3) is 4.60. The van der Waals surface area contributed by atoms with E-state index in [1.165, 1.54) is 23.5 Å². The Morgan fingerprint density at radius 1 is 1.08 bits per heavy atom. The predicted molar refractivity (Wildman–Crippen MR) is 100 cm³/mol. The van der Waals surface area contributed by atoms with Crippen molar-refractivity contribution in [2.24, 2.45) is 0 Å². The van der Waals surface area contributed by atoms with Crippen molar-refractivity contribution in [2.45, 2.75) is 37.6 Å². The summed E-state index contributed by atoms with van der Waals surface area (Å²) in [4.78, 5) is 12.3. The van der Waals surface area contributed by atoms with E-state index in [2.05, 4.69) is 12.2 Å². The molecule has 0 aromatic heterocycles. The van der Waals surface area contributed by atoms with Crippen LogP contribution < -0.4 is 9.62 Å². The largest absolute Gasteiger partial charge is 0.350 e. The summed E-state index contributed by atoms with van der Waals surface area (Å²) >= 11 is 0. The van der Waals surface area contributed by atoms with Crippen molar-refractivity contribution in [1.82, 2.24) is 5.32 Å². The average molecular weight is 360 g/mol. The number of para-hydroxylation sites is 1. The molecule has 2 aromatic rings. The van der Waals surface area contributed by atoms with Gasteiger partial charge in [-0.15, -0.1) is 0 Å². The molecule has 0 heterocycles. The predicted octanol–water partition coefficient (Wildman–Crippen LogP) is 3.43. The number of benzene rings is 2. The molecule has 5 nitrogen and oxygen atoms in total. The van der Waals surface area contributed by atoms with Crippen LogP contribution in [0.3, 0.4) is 0 Å². The van der Waals surface area contributed by atoms with E-state index in [0.29, 0.717) is 11.3 Å². The Morgan fingerprint density at radius 3 is 2.24 bits per heavy atom. The first kappa shape index (κ1) is 19.0. The van der Waals surface area contributed by atoms with Crippen molar-refractivity contribution in [3.05, 3.63) is 60.2 Å². The van der Waals surface area contributed by atoms with Gasteiger partial charge in [-0.1, -0.05) is 31.5 Å². The fraction of sp³-hybridized carbons (Fsp3) is 0.316. The summed E-state index contributed by atoms with van der Waals surface area (Å²) < 4.78 is 26.6. The van der Waals surface area contributed by atoms with Crippen molar-refractivity contribution in [3.63, 3.8) is 0 Å². The first-order chi connectivity index (χ1) is 11.9. The Hall–Kier alpha value is -2.34. The first-order valence-corrected chi connectivity index (χ1v) is 9.75. The Bertz CT molecular complexity index is 802. The van der Waals surface area contributed by atoms with Gasteiger partial charge in [-0.25, -0.2) is 8.42 Å². The Labute approximate surface area is 149 Å². The van der Waals surface area contributed by atoms with Gasteiger partial charge in [0.1, 0.15) is 0 Å². The van der Waals surface area contributed by atoms with Crippen molar-refractivity contribution in [2.75, 3.05) is 11.4 Å². The van der Waals surface area contributed by atoms with Crippen LogP contribution in [0.5, 0.6) is 0 Å². The molecule has 1 amide bonds. The van der Waals surface area contributed by atoms with E-state index in [9.17, 15) is 13.2 Å². The molecule has 0 unspecified atom stereocenters. The van der Waals surface area contributed by atoms with Gasteiger partial charge in [-0.05, 0) is 49.7 Å². The van der Waals surface area contributed by atoms with Crippen LogP contribution >= 0.6 is 0 Å². The van der Waals surface area contributed by atoms with Crippen LogP contribution in [-0.2, 0) is 10.0 Å². The summed E-state index contributed by atoms with van der Waals surface area (Å²) in [6, 6.07) is 15.0. The van der Waals surface area contributed by atoms with Crippen LogP contribution in [0.25, 0.3) is 0 Å². The summed E-state index contributed by atoms with van der Waals surface area (Å²) in [5, 5.41) is 2.91. The van der Waals surface area contributed by atoms with Crippen molar-refractivity contribution in [1.29, 1.82) is 0 Å². The molecule has 1 N–H and O–H groups in total. The van der Waals surface area contributed by atoms with Crippen LogP contribution in [0, 0.1) is 0 Å². The van der Waals surface area contributed by atoms with Gasteiger partial charge < -0.3 is 5.32 Å². The molecule has 6 heteroatoms. The van der Waals surface area contributed by atoms with Crippen LogP contribution in [0.2, 0.25) is 0 Å². The number of hydrogen-bond acceptors (Lipinski definition) is 3. The van der Waals surface area contributed by atoms with Gasteiger partial charge in [0.05, 0.1) is 10.6 Å². The molecule has 0 fully saturated rings. The Balaban J connectivity index is 2.17. The second kappa shape index (κ2) is 8.16. The molecule has 0 bridgehead atoms. The number of sulfonamides is 1. The lowest BCUT2D eigenvalue weighted by atomic mass is 10.1. The highest BCUT2D eigenvalue weighted by Gasteiger charge is 2.21. The summed E-state index contributed by atoms with van der Waals surface area (Å²) in [5.74, 6) is -0.193. The zero-order chi connectivity index (χ0) is 18.4. The minimum Gasteiger partial charge on any atom is -0.350 e. The van der Waals surface area contributed by atoms with Crippen LogP contribution in [0.4, 0.5) is 5.69 Å². The number of nitrogens with zero attached hydrogens (tertiary/aromatic N) is 1. The minimum atomic E-state index is -3.66. The van der Waals surface area contributed by atoms with Gasteiger partial charge in [0.2, 0.25) is 0 Å². The number of carbonyl (C=O) groups excluding carboxylic acids is 1. The molecule has 0 aliphatic carbocycles. The number of anilines is 1. The van der Waals surface area contributed by atoms with E-state index in [0.717, 1.165) is 12.8 Å². The molecule has 0 saturated carbocycles. The Morgan fingerprint density at radius 2 is 1.68 bits per heavy atom. The summed E-state index contributed by atoms with van der Waals surface area (Å²) in [7, 11) is -2.15. The number of nitrogens with one attached hydrogen (secondary N) is 1. The SMILES string of the molecule is CCC[C@@H](C)NC(=O)c1ccc(S(=O)(=O)N(C)c2ccccc2)cc1. The lowest BCUT2D eigenvalue weighted by Crippen LogP contribution is -2.32. The maximum atomic E-state index is 12.7. The fourth-order valence-electron chi connectivity index (χ4n) is 2.53. The number of carbonyl (C=O) groups is 1. The number of hydrogen-bond donors (Lipinski definition) is 1. The normalized spacial score (nSPS) is 12.4. The Kier molecular flexibility index (Phi) is 6.20. The van der Waals surface area contributed by atoms with E-state index < -0.39 is 10.0 Å². The molecule has 0 radical (unpaired) electrons. The van der Waals surface area contributed by atoms with Gasteiger partial charge in [-0.2, -0.15) is 0 Å². The molecule has 25 heavy (non-hydrogen) atoms. The van der Waals surface area contributed by atoms with Crippen molar-refractivity contribution < 1.29 is 13.2 Å². The van der Waals surface area contributed by atoms with E-state index >= 15 is 0 Å². The lowest BCUT2D eigenvalue weighted by Gasteiger charge is -2.19. The molecule has 0 aliphatic rings. The second-order valence-corrected chi connectivity index (χ2v) is 7.96. The topological polar surface area (TPSA) is 66.5 Å². The summed E-state index contributed by atoms with van der Waals surface area (Å²) in [5.41, 5.74) is 1.03. The molecule has 0 spiro atoms. The highest BCUT2D eigenvalue weighted by atomic mass is 32.2. The van der Waals surface area contributed by atoms with E-state index in [4.69, 9.17) is 0 Å². The van der Waals surface area contributed by atoms with Gasteiger partial charge >= 0.3 is 0 Å². The van der Waals surface area contributed by atoms with Gasteiger partial charge in [0.15, 0.2) is 0 Å². The van der Waals surface area contributed by atoms with Gasteiger partial charge in [-0.3, -0.25) is 9.10 Å².